The van der Waals surface area contributed by atoms with Crippen molar-refractivity contribution in [3.05, 3.63) is 11.4 Å². The Labute approximate surface area is 122 Å². The molecule has 1 aromatic rings. The fourth-order valence-electron chi connectivity index (χ4n) is 3.74. The number of carbonyl (C=O) groups excluding carboxylic acids is 1. The molecule has 2 heterocycles. The zero-order valence-corrected chi connectivity index (χ0v) is 12.2. The van der Waals surface area contributed by atoms with Crippen LogP contribution in [0.25, 0.3) is 0 Å². The lowest BCUT2D eigenvalue weighted by Gasteiger charge is -2.24. The summed E-state index contributed by atoms with van der Waals surface area (Å²) in [5.74, 6) is -0.483. The van der Waals surface area contributed by atoms with Gasteiger partial charge in [0.15, 0.2) is 0 Å². The molecule has 3 rings (SSSR count). The molecule has 21 heavy (non-hydrogen) atoms. The van der Waals surface area contributed by atoms with Gasteiger partial charge in [0.25, 0.3) is 0 Å². The Balaban J connectivity index is 1.79. The van der Waals surface area contributed by atoms with Gasteiger partial charge in [0, 0.05) is 6.54 Å². The molecule has 7 nitrogen and oxygen atoms in total. The van der Waals surface area contributed by atoms with E-state index in [1.165, 1.54) is 4.90 Å². The molecular formula is C14H20N4O3. The number of urea groups is 1. The number of aryl methyl sites for hydroxylation is 2. The summed E-state index contributed by atoms with van der Waals surface area (Å²) >= 11 is 0. The van der Waals surface area contributed by atoms with Gasteiger partial charge < -0.3 is 15.3 Å². The number of aliphatic carboxylic acids is 1. The SMILES string of the molecule is Cc1n[nH]c(C)c1NC(=O)N1CC2CCCC2C1C(=O)O. The highest BCUT2D eigenvalue weighted by atomic mass is 16.4. The van der Waals surface area contributed by atoms with Crippen molar-refractivity contribution in [2.45, 2.75) is 39.2 Å². The maximum absolute atomic E-state index is 12.5. The van der Waals surface area contributed by atoms with Gasteiger partial charge in [-0.25, -0.2) is 9.59 Å². The minimum Gasteiger partial charge on any atom is -0.480 e. The molecule has 1 saturated carbocycles. The van der Waals surface area contributed by atoms with Gasteiger partial charge >= 0.3 is 12.0 Å². The number of amides is 2. The van der Waals surface area contributed by atoms with Gasteiger partial charge in [0.1, 0.15) is 6.04 Å². The number of nitrogens with one attached hydrogen (secondary N) is 2. The predicted molar refractivity (Wildman–Crippen MR) is 76.0 cm³/mol. The number of aromatic amines is 1. The summed E-state index contributed by atoms with van der Waals surface area (Å²) in [4.78, 5) is 25.5. The van der Waals surface area contributed by atoms with Crippen molar-refractivity contribution in [2.24, 2.45) is 11.8 Å². The highest BCUT2D eigenvalue weighted by Gasteiger charge is 2.49. The summed E-state index contributed by atoms with van der Waals surface area (Å²) in [6.07, 6.45) is 2.98. The van der Waals surface area contributed by atoms with Crippen molar-refractivity contribution in [1.29, 1.82) is 0 Å². The Morgan fingerprint density at radius 3 is 2.76 bits per heavy atom. The lowest BCUT2D eigenvalue weighted by molar-refractivity contribution is -0.142. The lowest BCUT2D eigenvalue weighted by atomic mass is 9.94. The molecular weight excluding hydrogens is 272 g/mol. The quantitative estimate of drug-likeness (QED) is 0.773. The highest BCUT2D eigenvalue weighted by molar-refractivity contribution is 5.93. The molecule has 0 bridgehead atoms. The van der Waals surface area contributed by atoms with E-state index in [-0.39, 0.29) is 11.9 Å². The molecule has 1 aliphatic carbocycles. The van der Waals surface area contributed by atoms with Crippen LogP contribution in [-0.4, -0.2) is 44.8 Å². The van der Waals surface area contributed by atoms with Gasteiger partial charge in [-0.05, 0) is 38.5 Å². The van der Waals surface area contributed by atoms with Crippen LogP contribution in [0.2, 0.25) is 0 Å². The minimum absolute atomic E-state index is 0.0970. The first kappa shape index (κ1) is 13.9. The zero-order valence-electron chi connectivity index (χ0n) is 12.2. The second-order valence-electron chi connectivity index (χ2n) is 6.03. The molecule has 1 aromatic heterocycles. The summed E-state index contributed by atoms with van der Waals surface area (Å²) in [7, 11) is 0. The molecule has 114 valence electrons. The summed E-state index contributed by atoms with van der Waals surface area (Å²) in [6.45, 7) is 4.15. The summed E-state index contributed by atoms with van der Waals surface area (Å²) in [5.41, 5.74) is 2.11. The van der Waals surface area contributed by atoms with Crippen LogP contribution in [0.4, 0.5) is 10.5 Å². The highest BCUT2D eigenvalue weighted by Crippen LogP contribution is 2.42. The number of anilines is 1. The van der Waals surface area contributed by atoms with Crippen LogP contribution in [0.3, 0.4) is 0 Å². The van der Waals surface area contributed by atoms with Crippen LogP contribution in [0, 0.1) is 25.7 Å². The molecule has 1 saturated heterocycles. The van der Waals surface area contributed by atoms with E-state index >= 15 is 0 Å². The fraction of sp³-hybridized carbons (Fsp3) is 0.643. The zero-order chi connectivity index (χ0) is 15.1. The van der Waals surface area contributed by atoms with Crippen molar-refractivity contribution >= 4 is 17.7 Å². The number of H-pyrrole nitrogens is 1. The number of aromatic nitrogens is 2. The number of carboxylic acid groups (broad SMARTS) is 1. The minimum atomic E-state index is -0.903. The van der Waals surface area contributed by atoms with Gasteiger partial charge in [0.05, 0.1) is 17.1 Å². The van der Waals surface area contributed by atoms with E-state index < -0.39 is 12.0 Å². The van der Waals surface area contributed by atoms with Crippen molar-refractivity contribution in [2.75, 3.05) is 11.9 Å². The number of hydrogen-bond acceptors (Lipinski definition) is 3. The maximum atomic E-state index is 12.5. The number of hydrogen-bond donors (Lipinski definition) is 3. The van der Waals surface area contributed by atoms with E-state index in [0.29, 0.717) is 23.8 Å². The average molecular weight is 292 g/mol. The third kappa shape index (κ3) is 2.26. The number of fused-ring (bicyclic) bond motifs is 1. The van der Waals surface area contributed by atoms with Crippen LogP contribution in [0.1, 0.15) is 30.7 Å². The fourth-order valence-corrected chi connectivity index (χ4v) is 3.74. The van der Waals surface area contributed by atoms with Gasteiger partial charge in [-0.2, -0.15) is 5.10 Å². The van der Waals surface area contributed by atoms with Gasteiger partial charge in [-0.15, -0.1) is 0 Å². The first-order chi connectivity index (χ1) is 9.99. The summed E-state index contributed by atoms with van der Waals surface area (Å²) in [6, 6.07) is -1.05. The second kappa shape index (κ2) is 5.05. The monoisotopic (exact) mass is 292 g/mol. The molecule has 0 spiro atoms. The molecule has 2 amide bonds. The molecule has 0 aromatic carbocycles. The van der Waals surface area contributed by atoms with Crippen molar-refractivity contribution < 1.29 is 14.7 Å². The lowest BCUT2D eigenvalue weighted by Crippen LogP contribution is -2.45. The van der Waals surface area contributed by atoms with Crippen LogP contribution >= 0.6 is 0 Å². The number of carboxylic acids is 1. The Morgan fingerprint density at radius 2 is 2.14 bits per heavy atom. The number of likely N-dealkylation sites (tertiary alicyclic amines) is 1. The number of nitrogens with zero attached hydrogens (tertiary/aromatic N) is 2. The standard InChI is InChI=1S/C14H20N4O3/c1-7-11(8(2)17-16-7)15-14(21)18-6-9-4-3-5-10(9)12(18)13(19)20/h9-10,12H,3-6H2,1-2H3,(H,15,21)(H,16,17)(H,19,20). The normalized spacial score (nSPS) is 27.7. The molecule has 1 aliphatic heterocycles. The first-order valence-corrected chi connectivity index (χ1v) is 7.31. The maximum Gasteiger partial charge on any atom is 0.326 e. The Morgan fingerprint density at radius 1 is 1.38 bits per heavy atom. The molecule has 3 atom stereocenters. The Hall–Kier alpha value is -2.05. The summed E-state index contributed by atoms with van der Waals surface area (Å²) in [5, 5.41) is 19.1. The Bertz CT molecular complexity index is 563. The van der Waals surface area contributed by atoms with Crippen LogP contribution in [0.15, 0.2) is 0 Å². The third-order valence-electron chi connectivity index (χ3n) is 4.76. The topological polar surface area (TPSA) is 98.3 Å². The van der Waals surface area contributed by atoms with Gasteiger partial charge in [-0.3, -0.25) is 5.10 Å². The smallest absolute Gasteiger partial charge is 0.326 e. The van der Waals surface area contributed by atoms with E-state index in [2.05, 4.69) is 15.5 Å². The third-order valence-corrected chi connectivity index (χ3v) is 4.76. The van der Waals surface area contributed by atoms with Crippen LogP contribution in [0.5, 0.6) is 0 Å². The van der Waals surface area contributed by atoms with Gasteiger partial charge in [0.2, 0.25) is 0 Å². The molecule has 7 heteroatoms. The number of carbonyl (C=O) groups is 2. The van der Waals surface area contributed by atoms with Crippen molar-refractivity contribution in [1.82, 2.24) is 15.1 Å². The largest absolute Gasteiger partial charge is 0.480 e. The van der Waals surface area contributed by atoms with Crippen molar-refractivity contribution in [3.8, 4) is 0 Å². The van der Waals surface area contributed by atoms with Crippen molar-refractivity contribution in [3.63, 3.8) is 0 Å². The molecule has 3 unspecified atom stereocenters. The van der Waals surface area contributed by atoms with Crippen LogP contribution < -0.4 is 5.32 Å². The predicted octanol–water partition coefficient (Wildman–Crippen LogP) is 1.74. The molecule has 3 N–H and O–H groups in total. The molecule has 0 radical (unpaired) electrons. The van der Waals surface area contributed by atoms with E-state index in [0.717, 1.165) is 25.0 Å². The number of rotatable bonds is 2. The van der Waals surface area contributed by atoms with E-state index in [1.807, 2.05) is 6.92 Å². The second-order valence-corrected chi connectivity index (χ2v) is 6.03. The molecule has 2 fully saturated rings. The van der Waals surface area contributed by atoms with E-state index in [9.17, 15) is 14.7 Å². The van der Waals surface area contributed by atoms with Gasteiger partial charge in [-0.1, -0.05) is 6.42 Å². The van der Waals surface area contributed by atoms with Crippen LogP contribution in [-0.2, 0) is 4.79 Å². The average Bonchev–Trinajstić information content (AvgIpc) is 3.07. The van der Waals surface area contributed by atoms with E-state index in [4.69, 9.17) is 0 Å². The Kier molecular flexibility index (Phi) is 3.35. The molecule has 2 aliphatic rings. The first-order valence-electron chi connectivity index (χ1n) is 7.31. The van der Waals surface area contributed by atoms with E-state index in [1.54, 1.807) is 6.92 Å². The summed E-state index contributed by atoms with van der Waals surface area (Å²) < 4.78 is 0.